The van der Waals surface area contributed by atoms with Crippen molar-refractivity contribution in [3.8, 4) is 0 Å². The van der Waals surface area contributed by atoms with Gasteiger partial charge in [-0.25, -0.2) is 0 Å². The molecule has 4 fully saturated rings. The Bertz CT molecular complexity index is 1730. The van der Waals surface area contributed by atoms with Crippen LogP contribution in [0.15, 0.2) is 0 Å². The van der Waals surface area contributed by atoms with E-state index in [1.165, 1.54) is 4.90 Å². The number of amides is 2. The van der Waals surface area contributed by atoms with Crippen LogP contribution in [0.25, 0.3) is 0 Å². The summed E-state index contributed by atoms with van der Waals surface area (Å²) in [6, 6.07) is -1.39. The Labute approximate surface area is 375 Å². The van der Waals surface area contributed by atoms with Gasteiger partial charge in [0, 0.05) is 51.6 Å². The monoisotopic (exact) mass is 929 g/mol. The number of carboxylic acids is 5. The molecule has 8 N–H and O–H groups in total. The lowest BCUT2D eigenvalue weighted by Gasteiger charge is -2.61. The SMILES string of the molecule is C[C@H](CCC(=O)NCCS(=O)(=O)O)[C@H]1CC[C@H]2[C@@H]3CC[C@@H]4C[C@@H](NC(=O)CC[C@@H](C(=O)O)N(CCN(CC(=O)O)CC(=O)O)CCN(CC(=O)O)CC(=O)O)CC[C@]4(C)[C@H]3CC[C@]12C. The molecule has 0 aliphatic heterocycles. The second-order valence-electron chi connectivity index (χ2n) is 19.5. The molecule has 0 bridgehead atoms. The Hall–Kier alpha value is -3.92. The van der Waals surface area contributed by atoms with E-state index >= 15 is 0 Å². The molecule has 0 aromatic carbocycles. The number of carbonyl (C=O) groups is 7. The minimum Gasteiger partial charge on any atom is -0.480 e. The molecule has 0 spiro atoms. The largest absolute Gasteiger partial charge is 0.480 e. The highest BCUT2D eigenvalue weighted by molar-refractivity contribution is 7.85. The van der Waals surface area contributed by atoms with E-state index in [1.54, 1.807) is 0 Å². The van der Waals surface area contributed by atoms with Crippen LogP contribution in [0.3, 0.4) is 0 Å². The second kappa shape index (κ2) is 23.0. The fourth-order valence-corrected chi connectivity index (χ4v) is 12.9. The van der Waals surface area contributed by atoms with E-state index in [1.807, 2.05) is 0 Å². The van der Waals surface area contributed by atoms with Crippen LogP contribution >= 0.6 is 0 Å². The maximum atomic E-state index is 13.5. The Morgan fingerprint density at radius 1 is 0.672 bits per heavy atom. The van der Waals surface area contributed by atoms with Crippen molar-refractivity contribution in [3.63, 3.8) is 0 Å². The molecule has 0 saturated heterocycles. The third kappa shape index (κ3) is 14.8. The summed E-state index contributed by atoms with van der Waals surface area (Å²) in [5, 5.41) is 53.3. The number of aliphatic carboxylic acids is 5. The van der Waals surface area contributed by atoms with Gasteiger partial charge >= 0.3 is 29.8 Å². The number of carbonyl (C=O) groups excluding carboxylic acids is 2. The standard InChI is InChI=1S/C43H71N5O15S/c1-27(4-10-35(49)44-16-21-64(61,62)63)31-7-8-32-30-6-5-28-22-29(12-14-42(28,2)33(30)13-15-43(31,32)3)45-36(50)11-9-34(41(59)60)48(19-17-46(23-37(51)52)24-38(53)54)20-18-47(25-39(55)56)26-40(57)58/h27-34H,4-26H2,1-3H3,(H,44,49)(H,45,50)(H,51,52)(H,53,54)(H,55,56)(H,57,58)(H,59,60)(H,61,62,63)/t27-,28-,29+,30+,31-,32+,33+,34+,42+,43-/m1/s1. The quantitative estimate of drug-likeness (QED) is 0.0547. The molecular weight excluding hydrogens is 859 g/mol. The Balaban J connectivity index is 1.34. The molecule has 0 radical (unpaired) electrons. The highest BCUT2D eigenvalue weighted by atomic mass is 32.2. The first kappa shape index (κ1) is 52.7. The van der Waals surface area contributed by atoms with Gasteiger partial charge < -0.3 is 36.2 Å². The third-order valence-electron chi connectivity index (χ3n) is 15.5. The summed E-state index contributed by atoms with van der Waals surface area (Å²) in [5.41, 5.74) is 0.293. The predicted octanol–water partition coefficient (Wildman–Crippen LogP) is 2.03. The smallest absolute Gasteiger partial charge is 0.320 e. The van der Waals surface area contributed by atoms with E-state index in [9.17, 15) is 67.5 Å². The maximum Gasteiger partial charge on any atom is 0.320 e. The van der Waals surface area contributed by atoms with Crippen molar-refractivity contribution in [3.05, 3.63) is 0 Å². The lowest BCUT2D eigenvalue weighted by atomic mass is 9.44. The van der Waals surface area contributed by atoms with E-state index in [4.69, 9.17) is 4.55 Å². The minimum atomic E-state index is -4.14. The van der Waals surface area contributed by atoms with E-state index in [-0.39, 0.29) is 74.3 Å². The zero-order chi connectivity index (χ0) is 47.6. The zero-order valence-corrected chi connectivity index (χ0v) is 38.3. The lowest BCUT2D eigenvalue weighted by molar-refractivity contribution is -0.146. The molecule has 2 amide bonds. The van der Waals surface area contributed by atoms with Crippen LogP contribution in [0.1, 0.15) is 104 Å². The van der Waals surface area contributed by atoms with Gasteiger partial charge in [-0.3, -0.25) is 52.8 Å². The molecule has 20 nitrogen and oxygen atoms in total. The summed E-state index contributed by atoms with van der Waals surface area (Å²) in [7, 11) is -4.14. The molecule has 4 saturated carbocycles. The highest BCUT2D eigenvalue weighted by Crippen LogP contribution is 2.68. The van der Waals surface area contributed by atoms with Crippen molar-refractivity contribution in [2.75, 3.05) is 64.7 Å². The van der Waals surface area contributed by atoms with Gasteiger partial charge in [0.1, 0.15) is 6.04 Å². The number of hydrogen-bond donors (Lipinski definition) is 8. The highest BCUT2D eigenvalue weighted by Gasteiger charge is 2.60. The molecule has 364 valence electrons. The average Bonchev–Trinajstić information content (AvgIpc) is 3.53. The molecule has 10 atom stereocenters. The van der Waals surface area contributed by atoms with Crippen LogP contribution in [-0.4, -0.2) is 172 Å². The van der Waals surface area contributed by atoms with Gasteiger partial charge in [-0.1, -0.05) is 20.8 Å². The first-order chi connectivity index (χ1) is 29.9. The number of rotatable bonds is 27. The Morgan fingerprint density at radius 3 is 1.73 bits per heavy atom. The lowest BCUT2D eigenvalue weighted by Crippen LogP contribution is -2.55. The van der Waals surface area contributed by atoms with Crippen LogP contribution in [0.5, 0.6) is 0 Å². The van der Waals surface area contributed by atoms with E-state index in [0.717, 1.165) is 67.6 Å². The van der Waals surface area contributed by atoms with Gasteiger partial charge in [0.25, 0.3) is 10.1 Å². The molecular formula is C43H71N5O15S. The Morgan fingerprint density at radius 2 is 1.20 bits per heavy atom. The number of nitrogens with zero attached hydrogens (tertiary/aromatic N) is 3. The molecule has 0 unspecified atom stereocenters. The second-order valence-corrected chi connectivity index (χ2v) is 21.1. The van der Waals surface area contributed by atoms with E-state index in [0.29, 0.717) is 48.3 Å². The maximum absolute atomic E-state index is 13.5. The van der Waals surface area contributed by atoms with Gasteiger partial charge in [-0.15, -0.1) is 0 Å². The topological polar surface area (TPSA) is 309 Å². The van der Waals surface area contributed by atoms with Crippen molar-refractivity contribution >= 4 is 51.8 Å². The molecule has 4 rings (SSSR count). The predicted molar refractivity (Wildman–Crippen MR) is 231 cm³/mol. The third-order valence-corrected chi connectivity index (χ3v) is 16.2. The van der Waals surface area contributed by atoms with E-state index < -0.39 is 77.9 Å². The minimum absolute atomic E-state index is 0.0847. The van der Waals surface area contributed by atoms with Gasteiger partial charge in [0.2, 0.25) is 11.8 Å². The van der Waals surface area contributed by atoms with Gasteiger partial charge in [-0.2, -0.15) is 8.42 Å². The summed E-state index contributed by atoms with van der Waals surface area (Å²) in [5.74, 6) is -4.53. The summed E-state index contributed by atoms with van der Waals surface area (Å²) in [6.07, 6.45) is 9.97. The van der Waals surface area contributed by atoms with Crippen LogP contribution in [-0.2, 0) is 43.7 Å². The van der Waals surface area contributed by atoms with Crippen molar-refractivity contribution in [1.29, 1.82) is 0 Å². The summed E-state index contributed by atoms with van der Waals surface area (Å²) < 4.78 is 31.0. The number of fused-ring (bicyclic) bond motifs is 5. The molecule has 4 aliphatic carbocycles. The Kier molecular flexibility index (Phi) is 18.9. The number of nitrogens with one attached hydrogen (secondary N) is 2. The molecule has 4 aliphatic rings. The molecule has 0 aromatic heterocycles. The van der Waals surface area contributed by atoms with Gasteiger partial charge in [-0.05, 0) is 117 Å². The summed E-state index contributed by atoms with van der Waals surface area (Å²) in [4.78, 5) is 87.9. The van der Waals surface area contributed by atoms with Crippen molar-refractivity contribution in [2.24, 2.45) is 46.3 Å². The molecule has 64 heavy (non-hydrogen) atoms. The molecule has 21 heteroatoms. The molecule has 0 heterocycles. The number of hydrogen-bond acceptors (Lipinski definition) is 12. The van der Waals surface area contributed by atoms with Gasteiger partial charge in [0.15, 0.2) is 0 Å². The van der Waals surface area contributed by atoms with Crippen LogP contribution in [0.2, 0.25) is 0 Å². The van der Waals surface area contributed by atoms with Crippen molar-refractivity contribution < 1.29 is 72.1 Å². The van der Waals surface area contributed by atoms with Gasteiger partial charge in [0.05, 0.1) is 31.9 Å². The summed E-state index contributed by atoms with van der Waals surface area (Å²) >= 11 is 0. The summed E-state index contributed by atoms with van der Waals surface area (Å²) in [6.45, 7) is 3.79. The first-order valence-electron chi connectivity index (χ1n) is 22.7. The van der Waals surface area contributed by atoms with Crippen molar-refractivity contribution in [1.82, 2.24) is 25.3 Å². The van der Waals surface area contributed by atoms with Crippen LogP contribution in [0.4, 0.5) is 0 Å². The average molecular weight is 930 g/mol. The normalized spacial score (nSPS) is 28.7. The van der Waals surface area contributed by atoms with Crippen molar-refractivity contribution in [2.45, 2.75) is 116 Å². The first-order valence-corrected chi connectivity index (χ1v) is 24.3. The number of carboxylic acid groups (broad SMARTS) is 5. The van der Waals surface area contributed by atoms with Crippen LogP contribution in [0, 0.1) is 46.3 Å². The zero-order valence-electron chi connectivity index (χ0n) is 37.5. The van der Waals surface area contributed by atoms with Crippen LogP contribution < -0.4 is 10.6 Å². The fraction of sp³-hybridized carbons (Fsp3) is 0.837. The van der Waals surface area contributed by atoms with E-state index in [2.05, 4.69) is 31.4 Å². The fourth-order valence-electron chi connectivity index (χ4n) is 12.5. The molecule has 0 aromatic rings.